The Labute approximate surface area is 211 Å². The Morgan fingerprint density at radius 1 is 0.882 bits per heavy atom. The molecule has 1 amide bonds. The molecule has 1 fully saturated rings. The molecule has 8 heteroatoms. The molecular weight excluding hydrogens is 491 g/mol. The van der Waals surface area contributed by atoms with E-state index in [1.54, 1.807) is 23.1 Å². The maximum absolute atomic E-state index is 13.5. The highest BCUT2D eigenvalue weighted by atomic mass is 35.5. The first kappa shape index (κ1) is 24.6. The quantitative estimate of drug-likeness (QED) is 0.406. The minimum absolute atomic E-state index is 0.0977. The van der Waals surface area contributed by atoms with Crippen molar-refractivity contribution in [1.82, 2.24) is 4.90 Å². The number of anilines is 1. The first-order valence-electron chi connectivity index (χ1n) is 11.2. The zero-order valence-corrected chi connectivity index (χ0v) is 20.9. The SMILES string of the molecule is O=C(CN(c1cc(Cl)cc(Cl)c1)S(=O)(=O)c1ccccc1)N1CCC(Cc2ccccc2)CC1. The van der Waals surface area contributed by atoms with E-state index in [9.17, 15) is 13.2 Å². The highest BCUT2D eigenvalue weighted by Gasteiger charge is 2.31. The number of benzene rings is 3. The Morgan fingerprint density at radius 2 is 1.44 bits per heavy atom. The van der Waals surface area contributed by atoms with Crippen molar-refractivity contribution >= 4 is 44.8 Å². The Hall–Kier alpha value is -2.54. The van der Waals surface area contributed by atoms with Gasteiger partial charge in [-0.3, -0.25) is 9.10 Å². The molecule has 0 aliphatic carbocycles. The van der Waals surface area contributed by atoms with Gasteiger partial charge in [0.05, 0.1) is 10.6 Å². The topological polar surface area (TPSA) is 57.7 Å². The minimum atomic E-state index is -4.00. The maximum Gasteiger partial charge on any atom is 0.264 e. The fraction of sp³-hybridized carbons (Fsp3) is 0.269. The molecule has 0 unspecified atom stereocenters. The van der Waals surface area contributed by atoms with Gasteiger partial charge in [-0.2, -0.15) is 0 Å². The van der Waals surface area contributed by atoms with Crippen molar-refractivity contribution in [1.29, 1.82) is 0 Å². The van der Waals surface area contributed by atoms with E-state index in [0.29, 0.717) is 29.1 Å². The van der Waals surface area contributed by atoms with Gasteiger partial charge in [-0.05, 0) is 61.1 Å². The van der Waals surface area contributed by atoms with Crippen LogP contribution in [0.4, 0.5) is 5.69 Å². The third-order valence-corrected chi connectivity index (χ3v) is 8.30. The van der Waals surface area contributed by atoms with Crippen LogP contribution in [0.3, 0.4) is 0 Å². The van der Waals surface area contributed by atoms with Crippen LogP contribution in [-0.4, -0.2) is 38.9 Å². The lowest BCUT2D eigenvalue weighted by atomic mass is 9.90. The van der Waals surface area contributed by atoms with Gasteiger partial charge in [0.1, 0.15) is 6.54 Å². The number of carbonyl (C=O) groups is 1. The third-order valence-electron chi connectivity index (χ3n) is 6.08. The van der Waals surface area contributed by atoms with Crippen LogP contribution in [0.15, 0.2) is 83.8 Å². The van der Waals surface area contributed by atoms with Crippen LogP contribution in [0.25, 0.3) is 0 Å². The predicted octanol–water partition coefficient (Wildman–Crippen LogP) is 5.67. The summed E-state index contributed by atoms with van der Waals surface area (Å²) in [5.41, 5.74) is 1.55. The number of rotatable bonds is 7. The van der Waals surface area contributed by atoms with Crippen LogP contribution in [0.5, 0.6) is 0 Å². The summed E-state index contributed by atoms with van der Waals surface area (Å²) in [5, 5.41) is 0.592. The lowest BCUT2D eigenvalue weighted by molar-refractivity contribution is -0.130. The second-order valence-electron chi connectivity index (χ2n) is 8.47. The van der Waals surface area contributed by atoms with E-state index in [2.05, 4.69) is 12.1 Å². The van der Waals surface area contributed by atoms with Gasteiger partial charge in [0.15, 0.2) is 0 Å². The molecule has 0 bridgehead atoms. The van der Waals surface area contributed by atoms with Gasteiger partial charge in [0.25, 0.3) is 10.0 Å². The van der Waals surface area contributed by atoms with E-state index in [1.807, 2.05) is 18.2 Å². The Bertz CT molecular complexity index is 1210. The zero-order valence-electron chi connectivity index (χ0n) is 18.6. The standard InChI is InChI=1S/C26H26Cl2N2O3S/c27-22-16-23(28)18-24(17-22)30(34(32,33)25-9-5-2-6-10-25)19-26(31)29-13-11-21(12-14-29)15-20-7-3-1-4-8-20/h1-10,16-18,21H,11-15,19H2. The molecule has 1 heterocycles. The highest BCUT2D eigenvalue weighted by molar-refractivity contribution is 7.92. The molecule has 0 spiro atoms. The van der Waals surface area contributed by atoms with Crippen molar-refractivity contribution in [3.8, 4) is 0 Å². The molecule has 0 atom stereocenters. The molecule has 0 saturated carbocycles. The maximum atomic E-state index is 13.5. The number of halogens is 2. The fourth-order valence-corrected chi connectivity index (χ4v) is 6.21. The van der Waals surface area contributed by atoms with Crippen molar-refractivity contribution in [2.75, 3.05) is 23.9 Å². The molecule has 1 saturated heterocycles. The summed E-state index contributed by atoms with van der Waals surface area (Å²) in [5.74, 6) is 0.260. The van der Waals surface area contributed by atoms with Crippen LogP contribution in [0.2, 0.25) is 10.0 Å². The second-order valence-corrected chi connectivity index (χ2v) is 11.2. The predicted molar refractivity (Wildman–Crippen MR) is 137 cm³/mol. The Morgan fingerprint density at radius 3 is 2.03 bits per heavy atom. The third kappa shape index (κ3) is 5.93. The van der Waals surface area contributed by atoms with E-state index in [1.165, 1.54) is 35.9 Å². The van der Waals surface area contributed by atoms with Gasteiger partial charge in [0, 0.05) is 23.1 Å². The van der Waals surface area contributed by atoms with Crippen molar-refractivity contribution in [2.24, 2.45) is 5.92 Å². The number of nitrogens with zero attached hydrogens (tertiary/aromatic N) is 2. The van der Waals surface area contributed by atoms with Crippen molar-refractivity contribution < 1.29 is 13.2 Å². The van der Waals surface area contributed by atoms with Crippen LogP contribution in [0, 0.1) is 5.92 Å². The number of likely N-dealkylation sites (tertiary alicyclic amines) is 1. The number of carbonyl (C=O) groups excluding carboxylic acids is 1. The Balaban J connectivity index is 1.51. The summed E-state index contributed by atoms with van der Waals surface area (Å²) in [6.45, 7) is 0.884. The van der Waals surface area contributed by atoms with Gasteiger partial charge in [-0.15, -0.1) is 0 Å². The largest absolute Gasteiger partial charge is 0.341 e. The first-order valence-corrected chi connectivity index (χ1v) is 13.4. The fourth-order valence-electron chi connectivity index (χ4n) is 4.27. The molecule has 1 aliphatic heterocycles. The van der Waals surface area contributed by atoms with E-state index in [-0.39, 0.29) is 23.0 Å². The molecule has 5 nitrogen and oxygen atoms in total. The van der Waals surface area contributed by atoms with E-state index < -0.39 is 10.0 Å². The number of hydrogen-bond donors (Lipinski definition) is 0. The van der Waals surface area contributed by atoms with Gasteiger partial charge in [-0.25, -0.2) is 8.42 Å². The summed E-state index contributed by atoms with van der Waals surface area (Å²) in [4.78, 5) is 15.1. The average molecular weight is 517 g/mol. The summed E-state index contributed by atoms with van der Waals surface area (Å²) in [6, 6.07) is 22.9. The lowest BCUT2D eigenvalue weighted by Gasteiger charge is -2.34. The number of hydrogen-bond acceptors (Lipinski definition) is 3. The summed E-state index contributed by atoms with van der Waals surface area (Å²) in [6.07, 6.45) is 2.75. The van der Waals surface area contributed by atoms with Crippen LogP contribution in [-0.2, 0) is 21.2 Å². The molecule has 0 radical (unpaired) electrons. The normalized spacial score (nSPS) is 14.7. The molecular formula is C26H26Cl2N2O3S. The summed E-state index contributed by atoms with van der Waals surface area (Å²) >= 11 is 12.3. The molecule has 4 rings (SSSR count). The van der Waals surface area contributed by atoms with Crippen molar-refractivity contribution in [2.45, 2.75) is 24.2 Å². The summed E-state index contributed by atoms with van der Waals surface area (Å²) < 4.78 is 28.1. The van der Waals surface area contributed by atoms with E-state index in [4.69, 9.17) is 23.2 Å². The minimum Gasteiger partial charge on any atom is -0.341 e. The molecule has 3 aromatic carbocycles. The zero-order chi connectivity index (χ0) is 24.1. The number of amides is 1. The number of piperidine rings is 1. The lowest BCUT2D eigenvalue weighted by Crippen LogP contribution is -2.46. The molecule has 34 heavy (non-hydrogen) atoms. The molecule has 3 aromatic rings. The monoisotopic (exact) mass is 516 g/mol. The van der Waals surface area contributed by atoms with Crippen LogP contribution >= 0.6 is 23.2 Å². The molecule has 0 aromatic heterocycles. The summed E-state index contributed by atoms with van der Waals surface area (Å²) in [7, 11) is -4.00. The first-order chi connectivity index (χ1) is 16.3. The van der Waals surface area contributed by atoms with E-state index >= 15 is 0 Å². The van der Waals surface area contributed by atoms with Crippen molar-refractivity contribution in [3.05, 3.63) is 94.5 Å². The molecule has 0 N–H and O–H groups in total. The average Bonchev–Trinajstić information content (AvgIpc) is 2.83. The number of sulfonamides is 1. The van der Waals surface area contributed by atoms with Gasteiger partial charge in [0.2, 0.25) is 5.91 Å². The second kappa shape index (κ2) is 10.8. The highest BCUT2D eigenvalue weighted by Crippen LogP contribution is 2.30. The smallest absolute Gasteiger partial charge is 0.264 e. The van der Waals surface area contributed by atoms with Crippen LogP contribution in [0.1, 0.15) is 18.4 Å². The van der Waals surface area contributed by atoms with Crippen LogP contribution < -0.4 is 4.31 Å². The van der Waals surface area contributed by atoms with Gasteiger partial charge in [-0.1, -0.05) is 71.7 Å². The van der Waals surface area contributed by atoms with E-state index in [0.717, 1.165) is 23.6 Å². The van der Waals surface area contributed by atoms with Crippen molar-refractivity contribution in [3.63, 3.8) is 0 Å². The van der Waals surface area contributed by atoms with Gasteiger partial charge >= 0.3 is 0 Å². The Kier molecular flexibility index (Phi) is 7.81. The molecule has 178 valence electrons. The van der Waals surface area contributed by atoms with Gasteiger partial charge < -0.3 is 4.90 Å². The molecule has 1 aliphatic rings.